The maximum absolute atomic E-state index is 12.4. The fourth-order valence-electron chi connectivity index (χ4n) is 2.49. The second-order valence-corrected chi connectivity index (χ2v) is 5.32. The molecular weight excluding hydrogens is 298 g/mol. The maximum atomic E-state index is 12.4. The lowest BCUT2D eigenvalue weighted by Crippen LogP contribution is -2.48. The van der Waals surface area contributed by atoms with Crippen molar-refractivity contribution < 1.29 is 24.6 Å². The van der Waals surface area contributed by atoms with E-state index in [4.69, 9.17) is 21.8 Å². The van der Waals surface area contributed by atoms with Crippen molar-refractivity contribution in [2.75, 3.05) is 13.1 Å². The van der Waals surface area contributed by atoms with Crippen LogP contribution in [0.15, 0.2) is 24.3 Å². The van der Waals surface area contributed by atoms with Gasteiger partial charge >= 0.3 is 11.9 Å². The highest BCUT2D eigenvalue weighted by Gasteiger charge is 2.40. The van der Waals surface area contributed by atoms with Gasteiger partial charge in [-0.1, -0.05) is 23.7 Å². The van der Waals surface area contributed by atoms with Gasteiger partial charge in [0, 0.05) is 13.1 Å². The lowest BCUT2D eigenvalue weighted by Gasteiger charge is -2.34. The fourth-order valence-corrected chi connectivity index (χ4v) is 2.70. The summed E-state index contributed by atoms with van der Waals surface area (Å²) in [5, 5.41) is 18.5. The highest BCUT2D eigenvalue weighted by Crippen LogP contribution is 2.27. The van der Waals surface area contributed by atoms with Gasteiger partial charge in [0.15, 0.2) is 0 Å². The highest BCUT2D eigenvalue weighted by atomic mass is 35.5. The Kier molecular flexibility index (Phi) is 4.47. The minimum atomic E-state index is -1.21. The topological polar surface area (TPSA) is 94.9 Å². The average Bonchev–Trinajstić information content (AvgIpc) is 2.46. The van der Waals surface area contributed by atoms with E-state index in [-0.39, 0.29) is 36.0 Å². The van der Waals surface area contributed by atoms with E-state index in [1.807, 2.05) is 0 Å². The van der Waals surface area contributed by atoms with Crippen LogP contribution in [0, 0.1) is 11.8 Å². The second kappa shape index (κ2) is 6.13. The molecule has 0 aliphatic carbocycles. The SMILES string of the molecule is O=C(O)C1CCN(C(=O)c2ccccc2Cl)CC1C(=O)O. The largest absolute Gasteiger partial charge is 0.481 e. The number of aliphatic carboxylic acids is 2. The number of benzene rings is 1. The first-order valence-corrected chi connectivity index (χ1v) is 6.79. The number of carboxylic acids is 2. The number of nitrogens with zero attached hydrogens (tertiary/aromatic N) is 1. The van der Waals surface area contributed by atoms with Gasteiger partial charge in [-0.05, 0) is 18.6 Å². The Balaban J connectivity index is 2.20. The third kappa shape index (κ3) is 3.16. The Hall–Kier alpha value is -2.08. The van der Waals surface area contributed by atoms with Gasteiger partial charge in [-0.2, -0.15) is 0 Å². The molecule has 1 aromatic rings. The molecule has 2 rings (SSSR count). The molecule has 0 radical (unpaired) electrons. The molecule has 2 unspecified atom stereocenters. The maximum Gasteiger partial charge on any atom is 0.309 e. The minimum Gasteiger partial charge on any atom is -0.481 e. The van der Waals surface area contributed by atoms with Crippen molar-refractivity contribution in [1.29, 1.82) is 0 Å². The summed E-state index contributed by atoms with van der Waals surface area (Å²) in [6.45, 7) is 0.0706. The number of rotatable bonds is 3. The van der Waals surface area contributed by atoms with Gasteiger partial charge in [-0.3, -0.25) is 14.4 Å². The summed E-state index contributed by atoms with van der Waals surface area (Å²) in [5.41, 5.74) is 0.289. The summed E-state index contributed by atoms with van der Waals surface area (Å²) in [7, 11) is 0. The molecule has 7 heteroatoms. The molecule has 2 atom stereocenters. The standard InChI is InChI=1S/C14H14ClNO5/c15-11-4-2-1-3-9(11)12(17)16-6-5-8(13(18)19)10(7-16)14(20)21/h1-4,8,10H,5-7H2,(H,18,19)(H,20,21). The van der Waals surface area contributed by atoms with Crippen LogP contribution >= 0.6 is 11.6 Å². The molecule has 0 bridgehead atoms. The van der Waals surface area contributed by atoms with Crippen molar-refractivity contribution in [3.8, 4) is 0 Å². The first-order chi connectivity index (χ1) is 9.91. The lowest BCUT2D eigenvalue weighted by atomic mass is 9.85. The predicted molar refractivity (Wildman–Crippen MR) is 74.2 cm³/mol. The Morgan fingerprint density at radius 1 is 1.10 bits per heavy atom. The van der Waals surface area contributed by atoms with Crippen LogP contribution in [0.3, 0.4) is 0 Å². The molecule has 1 saturated heterocycles. The summed E-state index contributed by atoms with van der Waals surface area (Å²) in [6, 6.07) is 6.49. The van der Waals surface area contributed by atoms with Crippen LogP contribution in [-0.2, 0) is 9.59 Å². The number of likely N-dealkylation sites (tertiary alicyclic amines) is 1. The second-order valence-electron chi connectivity index (χ2n) is 4.91. The van der Waals surface area contributed by atoms with Gasteiger partial charge < -0.3 is 15.1 Å². The van der Waals surface area contributed by atoms with E-state index in [1.54, 1.807) is 24.3 Å². The van der Waals surface area contributed by atoms with Crippen LogP contribution in [0.2, 0.25) is 5.02 Å². The zero-order chi connectivity index (χ0) is 15.6. The number of hydrogen-bond acceptors (Lipinski definition) is 3. The van der Waals surface area contributed by atoms with E-state index in [0.29, 0.717) is 0 Å². The summed E-state index contributed by atoms with van der Waals surface area (Å²) in [5.74, 6) is -4.82. The minimum absolute atomic E-state index is 0.114. The zero-order valence-electron chi connectivity index (χ0n) is 11.0. The number of carboxylic acid groups (broad SMARTS) is 2. The molecule has 2 N–H and O–H groups in total. The fraction of sp³-hybridized carbons (Fsp3) is 0.357. The van der Waals surface area contributed by atoms with Crippen molar-refractivity contribution in [1.82, 2.24) is 4.90 Å². The van der Waals surface area contributed by atoms with Crippen molar-refractivity contribution in [2.45, 2.75) is 6.42 Å². The van der Waals surface area contributed by atoms with Gasteiger partial charge in [-0.25, -0.2) is 0 Å². The number of hydrogen-bond donors (Lipinski definition) is 2. The predicted octanol–water partition coefficient (Wildman–Crippen LogP) is 1.59. The first kappa shape index (κ1) is 15.3. The van der Waals surface area contributed by atoms with Gasteiger partial charge in [0.25, 0.3) is 5.91 Å². The molecule has 6 nitrogen and oxygen atoms in total. The average molecular weight is 312 g/mol. The molecule has 0 spiro atoms. The Morgan fingerprint density at radius 3 is 2.29 bits per heavy atom. The molecule has 1 fully saturated rings. The van der Waals surface area contributed by atoms with Gasteiger partial charge in [0.1, 0.15) is 0 Å². The molecule has 0 aromatic heterocycles. The Labute approximate surface area is 125 Å². The summed E-state index contributed by atoms with van der Waals surface area (Å²) in [6.07, 6.45) is 0.114. The smallest absolute Gasteiger partial charge is 0.309 e. The van der Waals surface area contributed by atoms with Crippen molar-refractivity contribution in [2.24, 2.45) is 11.8 Å². The third-order valence-corrected chi connectivity index (χ3v) is 3.97. The van der Waals surface area contributed by atoms with E-state index in [1.165, 1.54) is 4.90 Å². The highest BCUT2D eigenvalue weighted by molar-refractivity contribution is 6.33. The number of amides is 1. The first-order valence-electron chi connectivity index (χ1n) is 6.41. The number of piperidine rings is 1. The van der Waals surface area contributed by atoms with Gasteiger partial charge in [-0.15, -0.1) is 0 Å². The zero-order valence-corrected chi connectivity index (χ0v) is 11.8. The van der Waals surface area contributed by atoms with E-state index in [0.717, 1.165) is 0 Å². The third-order valence-electron chi connectivity index (χ3n) is 3.64. The van der Waals surface area contributed by atoms with Crippen LogP contribution in [0.4, 0.5) is 0 Å². The van der Waals surface area contributed by atoms with E-state index in [9.17, 15) is 14.4 Å². The molecule has 0 saturated carbocycles. The van der Waals surface area contributed by atoms with Crippen molar-refractivity contribution >= 4 is 29.4 Å². The molecular formula is C14H14ClNO5. The Morgan fingerprint density at radius 2 is 1.71 bits per heavy atom. The number of carbonyl (C=O) groups is 3. The summed E-state index contributed by atoms with van der Waals surface area (Å²) < 4.78 is 0. The monoisotopic (exact) mass is 311 g/mol. The van der Waals surface area contributed by atoms with Crippen LogP contribution in [0.25, 0.3) is 0 Å². The van der Waals surface area contributed by atoms with Crippen LogP contribution in [0.1, 0.15) is 16.8 Å². The van der Waals surface area contributed by atoms with Crippen molar-refractivity contribution in [3.05, 3.63) is 34.9 Å². The van der Waals surface area contributed by atoms with Crippen molar-refractivity contribution in [3.63, 3.8) is 0 Å². The summed E-state index contributed by atoms with van der Waals surface area (Å²) in [4.78, 5) is 36.0. The van der Waals surface area contributed by atoms with E-state index >= 15 is 0 Å². The quantitative estimate of drug-likeness (QED) is 0.884. The molecule has 1 amide bonds. The van der Waals surface area contributed by atoms with E-state index in [2.05, 4.69) is 0 Å². The molecule has 1 heterocycles. The van der Waals surface area contributed by atoms with Crippen LogP contribution < -0.4 is 0 Å². The van der Waals surface area contributed by atoms with Gasteiger partial charge in [0.2, 0.25) is 0 Å². The molecule has 112 valence electrons. The lowest BCUT2D eigenvalue weighted by molar-refractivity contribution is -0.156. The summed E-state index contributed by atoms with van der Waals surface area (Å²) >= 11 is 5.96. The number of carbonyl (C=O) groups excluding carboxylic acids is 1. The normalized spacial score (nSPS) is 21.9. The van der Waals surface area contributed by atoms with E-state index < -0.39 is 23.8 Å². The molecule has 1 aliphatic heterocycles. The molecule has 1 aliphatic rings. The van der Waals surface area contributed by atoms with Gasteiger partial charge in [0.05, 0.1) is 22.4 Å². The van der Waals surface area contributed by atoms with Crippen LogP contribution in [-0.4, -0.2) is 46.0 Å². The van der Waals surface area contributed by atoms with Crippen LogP contribution in [0.5, 0.6) is 0 Å². The molecule has 21 heavy (non-hydrogen) atoms. The number of halogens is 1. The molecule has 1 aromatic carbocycles. The Bertz CT molecular complexity index is 588.